The van der Waals surface area contributed by atoms with E-state index in [2.05, 4.69) is 26.6 Å². The van der Waals surface area contributed by atoms with Crippen LogP contribution in [0.5, 0.6) is 0 Å². The predicted octanol–water partition coefficient (Wildman–Crippen LogP) is 1.58. The number of benzene rings is 1. The Labute approximate surface area is 97.4 Å². The molecule has 0 aromatic heterocycles. The molecule has 1 rings (SSSR count). The van der Waals surface area contributed by atoms with Gasteiger partial charge in [-0.25, -0.2) is 0 Å². The fourth-order valence-corrected chi connectivity index (χ4v) is 1.51. The van der Waals surface area contributed by atoms with Crippen LogP contribution in [-0.2, 0) is 4.79 Å². The molecule has 0 aliphatic heterocycles. The largest absolute Gasteiger partial charge is 0.397 e. The number of anilines is 2. The molecule has 0 saturated carbocycles. The van der Waals surface area contributed by atoms with Gasteiger partial charge >= 0.3 is 0 Å². The first-order valence-corrected chi connectivity index (χ1v) is 5.42. The average Bonchev–Trinajstić information content (AvgIpc) is 2.14. The second-order valence-corrected chi connectivity index (χ2v) is 4.06. The molecule has 4 nitrogen and oxygen atoms in total. The van der Waals surface area contributed by atoms with E-state index in [0.717, 1.165) is 10.2 Å². The highest BCUT2D eigenvalue weighted by Gasteiger charge is 1.98. The van der Waals surface area contributed by atoms with Crippen LogP contribution in [0.2, 0.25) is 0 Å². The Morgan fingerprint density at radius 1 is 1.47 bits per heavy atom. The number of nitrogen functional groups attached to an aromatic ring is 1. The number of amides is 1. The Balaban J connectivity index is 2.40. The molecule has 1 aromatic rings. The summed E-state index contributed by atoms with van der Waals surface area (Å²) < 4.78 is 0.951. The molecule has 0 fully saturated rings. The van der Waals surface area contributed by atoms with E-state index >= 15 is 0 Å². The molecule has 0 saturated heterocycles. The third-order valence-electron chi connectivity index (χ3n) is 1.83. The van der Waals surface area contributed by atoms with Crippen LogP contribution in [0.3, 0.4) is 0 Å². The average molecular weight is 272 g/mol. The van der Waals surface area contributed by atoms with Gasteiger partial charge in [0, 0.05) is 24.5 Å². The second kappa shape index (κ2) is 5.60. The summed E-state index contributed by atoms with van der Waals surface area (Å²) in [7, 11) is 0. The van der Waals surface area contributed by atoms with Gasteiger partial charge in [-0.1, -0.05) is 15.9 Å². The van der Waals surface area contributed by atoms with E-state index in [1.807, 2.05) is 18.2 Å². The van der Waals surface area contributed by atoms with Crippen molar-refractivity contribution in [3.05, 3.63) is 22.7 Å². The molecule has 0 unspecified atom stereocenters. The molecule has 1 aromatic carbocycles. The van der Waals surface area contributed by atoms with Gasteiger partial charge in [0.1, 0.15) is 0 Å². The van der Waals surface area contributed by atoms with Crippen LogP contribution in [0.15, 0.2) is 22.7 Å². The Kier molecular flexibility index (Phi) is 4.42. The molecule has 15 heavy (non-hydrogen) atoms. The topological polar surface area (TPSA) is 67.2 Å². The number of rotatable bonds is 4. The molecule has 0 radical (unpaired) electrons. The van der Waals surface area contributed by atoms with E-state index < -0.39 is 0 Å². The smallest absolute Gasteiger partial charge is 0.216 e. The molecule has 82 valence electrons. The van der Waals surface area contributed by atoms with E-state index in [1.54, 1.807) is 0 Å². The maximum absolute atomic E-state index is 10.6. The number of halogens is 1. The van der Waals surface area contributed by atoms with Gasteiger partial charge in [0.2, 0.25) is 5.91 Å². The fraction of sp³-hybridized carbons (Fsp3) is 0.300. The highest BCUT2D eigenvalue weighted by molar-refractivity contribution is 9.10. The summed E-state index contributed by atoms with van der Waals surface area (Å²) in [5.74, 6) is -0.0272. The van der Waals surface area contributed by atoms with Crippen LogP contribution in [0, 0.1) is 0 Å². The van der Waals surface area contributed by atoms with Crippen molar-refractivity contribution in [3.8, 4) is 0 Å². The first-order valence-electron chi connectivity index (χ1n) is 4.63. The van der Waals surface area contributed by atoms with Crippen molar-refractivity contribution in [2.45, 2.75) is 6.92 Å². The zero-order valence-electron chi connectivity index (χ0n) is 8.51. The minimum atomic E-state index is -0.0272. The lowest BCUT2D eigenvalue weighted by atomic mass is 10.2. The third kappa shape index (κ3) is 4.20. The molecule has 5 heteroatoms. The van der Waals surface area contributed by atoms with Gasteiger partial charge < -0.3 is 16.4 Å². The predicted molar refractivity (Wildman–Crippen MR) is 65.7 cm³/mol. The highest BCUT2D eigenvalue weighted by atomic mass is 79.9. The molecule has 0 spiro atoms. The summed E-state index contributed by atoms with van der Waals surface area (Å²) in [5.41, 5.74) is 7.35. The Morgan fingerprint density at radius 3 is 2.80 bits per heavy atom. The van der Waals surface area contributed by atoms with Crippen LogP contribution >= 0.6 is 15.9 Å². The number of hydrogen-bond donors (Lipinski definition) is 3. The van der Waals surface area contributed by atoms with Gasteiger partial charge in [-0.3, -0.25) is 4.79 Å². The van der Waals surface area contributed by atoms with E-state index in [0.29, 0.717) is 18.8 Å². The number of carbonyl (C=O) groups excluding carboxylic acids is 1. The monoisotopic (exact) mass is 271 g/mol. The highest BCUT2D eigenvalue weighted by Crippen LogP contribution is 2.22. The summed E-state index contributed by atoms with van der Waals surface area (Å²) in [6.45, 7) is 2.74. The minimum Gasteiger partial charge on any atom is -0.397 e. The van der Waals surface area contributed by atoms with Gasteiger partial charge in [0.15, 0.2) is 0 Å². The SMILES string of the molecule is CC(=O)NCCNc1ccc(Br)cc1N. The molecular weight excluding hydrogens is 258 g/mol. The summed E-state index contributed by atoms with van der Waals surface area (Å²) >= 11 is 3.33. The van der Waals surface area contributed by atoms with Crippen molar-refractivity contribution < 1.29 is 4.79 Å². The fourth-order valence-electron chi connectivity index (χ4n) is 1.13. The number of nitrogens with one attached hydrogen (secondary N) is 2. The summed E-state index contributed by atoms with van der Waals surface area (Å²) in [4.78, 5) is 10.6. The van der Waals surface area contributed by atoms with E-state index in [-0.39, 0.29) is 5.91 Å². The molecule has 0 bridgehead atoms. The third-order valence-corrected chi connectivity index (χ3v) is 2.32. The normalized spacial score (nSPS) is 9.73. The van der Waals surface area contributed by atoms with Crippen molar-refractivity contribution in [1.82, 2.24) is 5.32 Å². The first-order chi connectivity index (χ1) is 7.09. The van der Waals surface area contributed by atoms with Crippen molar-refractivity contribution >= 4 is 33.2 Å². The first kappa shape index (κ1) is 11.8. The molecule has 0 aliphatic rings. The summed E-state index contributed by atoms with van der Waals surface area (Å²) in [5, 5.41) is 5.83. The Morgan fingerprint density at radius 2 is 2.20 bits per heavy atom. The lowest BCUT2D eigenvalue weighted by Crippen LogP contribution is -2.26. The lowest BCUT2D eigenvalue weighted by Gasteiger charge is -2.09. The van der Waals surface area contributed by atoms with Crippen LogP contribution in [0.25, 0.3) is 0 Å². The lowest BCUT2D eigenvalue weighted by molar-refractivity contribution is -0.118. The molecule has 4 N–H and O–H groups in total. The van der Waals surface area contributed by atoms with Crippen LogP contribution in [0.4, 0.5) is 11.4 Å². The van der Waals surface area contributed by atoms with Crippen molar-refractivity contribution in [2.24, 2.45) is 0 Å². The van der Waals surface area contributed by atoms with Crippen molar-refractivity contribution in [1.29, 1.82) is 0 Å². The minimum absolute atomic E-state index is 0.0272. The summed E-state index contributed by atoms with van der Waals surface area (Å²) in [6, 6.07) is 5.64. The van der Waals surface area contributed by atoms with E-state index in [4.69, 9.17) is 5.73 Å². The number of hydrogen-bond acceptors (Lipinski definition) is 3. The molecular formula is C10H14BrN3O. The Bertz CT molecular complexity index is 355. The maximum Gasteiger partial charge on any atom is 0.216 e. The van der Waals surface area contributed by atoms with Gasteiger partial charge in [0.25, 0.3) is 0 Å². The van der Waals surface area contributed by atoms with Crippen LogP contribution in [-0.4, -0.2) is 19.0 Å². The molecule has 0 atom stereocenters. The maximum atomic E-state index is 10.6. The van der Waals surface area contributed by atoms with Gasteiger partial charge in [0.05, 0.1) is 11.4 Å². The van der Waals surface area contributed by atoms with E-state index in [9.17, 15) is 4.79 Å². The van der Waals surface area contributed by atoms with Crippen molar-refractivity contribution in [2.75, 3.05) is 24.1 Å². The molecule has 0 heterocycles. The van der Waals surface area contributed by atoms with E-state index in [1.165, 1.54) is 6.92 Å². The van der Waals surface area contributed by atoms with Crippen LogP contribution in [0.1, 0.15) is 6.92 Å². The van der Waals surface area contributed by atoms with Gasteiger partial charge in [-0.05, 0) is 18.2 Å². The number of carbonyl (C=O) groups is 1. The zero-order chi connectivity index (χ0) is 11.3. The van der Waals surface area contributed by atoms with Crippen LogP contribution < -0.4 is 16.4 Å². The number of nitrogens with two attached hydrogens (primary N) is 1. The van der Waals surface area contributed by atoms with Crippen molar-refractivity contribution in [3.63, 3.8) is 0 Å². The Hall–Kier alpha value is -1.23. The molecule has 0 aliphatic carbocycles. The quantitative estimate of drug-likeness (QED) is 0.576. The van der Waals surface area contributed by atoms with Gasteiger partial charge in [-0.2, -0.15) is 0 Å². The second-order valence-electron chi connectivity index (χ2n) is 3.14. The molecule has 1 amide bonds. The van der Waals surface area contributed by atoms with Gasteiger partial charge in [-0.15, -0.1) is 0 Å². The summed E-state index contributed by atoms with van der Waals surface area (Å²) in [6.07, 6.45) is 0. The zero-order valence-corrected chi connectivity index (χ0v) is 10.1. The standard InChI is InChI=1S/C10H14BrN3O/c1-7(15)13-4-5-14-10-3-2-8(11)6-9(10)12/h2-3,6,14H,4-5,12H2,1H3,(H,13,15).